The monoisotopic (exact) mass is 472 g/mol. The first-order valence-corrected chi connectivity index (χ1v) is 11.6. The molecule has 1 unspecified atom stereocenters. The van der Waals surface area contributed by atoms with Gasteiger partial charge in [-0.1, -0.05) is 13.0 Å². The molecule has 7 heteroatoms. The first-order valence-electron chi connectivity index (χ1n) is 11.6. The Hall–Kier alpha value is -4.13. The number of rotatable bonds is 8. The first kappa shape index (κ1) is 24.0. The van der Waals surface area contributed by atoms with E-state index in [1.165, 1.54) is 4.90 Å². The molecule has 1 aliphatic heterocycles. The Kier molecular flexibility index (Phi) is 7.15. The standard InChI is InChI=1S/C28H28N2O5/c1-4-15-35-23-10-9-20(16-18(23)3)26(31)24-25(19-11-13-29-14-12-19)30(28(33)27(24)32)21-7-6-8-22(17-21)34-5-2/h6-14,16-17,25,31H,4-5,15H2,1-3H3/b26-24+. The van der Waals surface area contributed by atoms with E-state index in [1.807, 2.05) is 20.8 Å². The molecule has 0 spiro atoms. The summed E-state index contributed by atoms with van der Waals surface area (Å²) < 4.78 is 11.3. The third-order valence-corrected chi connectivity index (χ3v) is 5.78. The van der Waals surface area contributed by atoms with Crippen molar-refractivity contribution < 1.29 is 24.2 Å². The lowest BCUT2D eigenvalue weighted by Gasteiger charge is -2.25. The number of aromatic nitrogens is 1. The molecule has 1 aromatic heterocycles. The predicted octanol–water partition coefficient (Wildman–Crippen LogP) is 5.20. The second-order valence-electron chi connectivity index (χ2n) is 8.21. The molecule has 0 bridgehead atoms. The number of carbonyl (C=O) groups is 2. The van der Waals surface area contributed by atoms with E-state index in [4.69, 9.17) is 9.47 Å². The van der Waals surface area contributed by atoms with Gasteiger partial charge in [0.15, 0.2) is 0 Å². The van der Waals surface area contributed by atoms with Gasteiger partial charge in [0.1, 0.15) is 17.3 Å². The first-order chi connectivity index (χ1) is 17.0. The fraction of sp³-hybridized carbons (Fsp3) is 0.250. The topological polar surface area (TPSA) is 89.0 Å². The van der Waals surface area contributed by atoms with Crippen molar-refractivity contribution in [1.29, 1.82) is 0 Å². The summed E-state index contributed by atoms with van der Waals surface area (Å²) in [6.45, 7) is 6.82. The molecule has 35 heavy (non-hydrogen) atoms. The van der Waals surface area contributed by atoms with Crippen LogP contribution in [0.1, 0.15) is 43.0 Å². The number of carbonyl (C=O) groups excluding carboxylic acids is 2. The average Bonchev–Trinajstić information content (AvgIpc) is 3.14. The van der Waals surface area contributed by atoms with Gasteiger partial charge in [0.05, 0.1) is 24.8 Å². The number of anilines is 1. The molecule has 1 atom stereocenters. The summed E-state index contributed by atoms with van der Waals surface area (Å²) in [5.41, 5.74) is 2.43. The van der Waals surface area contributed by atoms with Crippen molar-refractivity contribution in [2.45, 2.75) is 33.2 Å². The van der Waals surface area contributed by atoms with E-state index in [9.17, 15) is 14.7 Å². The molecule has 0 saturated carbocycles. The Morgan fingerprint density at radius 2 is 1.80 bits per heavy atom. The van der Waals surface area contributed by atoms with E-state index < -0.39 is 17.7 Å². The zero-order valence-electron chi connectivity index (χ0n) is 20.0. The van der Waals surface area contributed by atoms with Gasteiger partial charge in [-0.15, -0.1) is 0 Å². The number of benzene rings is 2. The van der Waals surface area contributed by atoms with Crippen LogP contribution in [-0.4, -0.2) is 35.0 Å². The number of ketones is 1. The summed E-state index contributed by atoms with van der Waals surface area (Å²) in [6.07, 6.45) is 4.06. The molecular weight excluding hydrogens is 444 g/mol. The number of ether oxygens (including phenoxy) is 2. The van der Waals surface area contributed by atoms with Crippen molar-refractivity contribution in [3.8, 4) is 11.5 Å². The van der Waals surface area contributed by atoms with Gasteiger partial charge < -0.3 is 14.6 Å². The molecular formula is C28H28N2O5. The molecule has 0 radical (unpaired) electrons. The van der Waals surface area contributed by atoms with Crippen molar-refractivity contribution in [1.82, 2.24) is 4.98 Å². The van der Waals surface area contributed by atoms with Crippen LogP contribution in [0.5, 0.6) is 11.5 Å². The number of Topliss-reactive ketones (excluding diaryl/α,β-unsaturated/α-hetero) is 1. The fourth-order valence-electron chi connectivity index (χ4n) is 4.18. The van der Waals surface area contributed by atoms with Crippen LogP contribution in [0.4, 0.5) is 5.69 Å². The van der Waals surface area contributed by atoms with Crippen LogP contribution in [0.25, 0.3) is 5.76 Å². The smallest absolute Gasteiger partial charge is 0.300 e. The number of aliphatic hydroxyl groups excluding tert-OH is 1. The van der Waals surface area contributed by atoms with Crippen LogP contribution in [-0.2, 0) is 9.59 Å². The highest BCUT2D eigenvalue weighted by atomic mass is 16.5. The zero-order valence-corrected chi connectivity index (χ0v) is 20.0. The molecule has 2 aromatic carbocycles. The number of nitrogens with zero attached hydrogens (tertiary/aromatic N) is 2. The highest BCUT2D eigenvalue weighted by molar-refractivity contribution is 6.51. The van der Waals surface area contributed by atoms with Gasteiger partial charge in [-0.2, -0.15) is 0 Å². The molecule has 1 N–H and O–H groups in total. The number of aliphatic hydroxyl groups is 1. The third-order valence-electron chi connectivity index (χ3n) is 5.78. The average molecular weight is 473 g/mol. The summed E-state index contributed by atoms with van der Waals surface area (Å²) in [4.78, 5) is 32.1. The zero-order chi connectivity index (χ0) is 24.9. The molecule has 0 aliphatic carbocycles. The predicted molar refractivity (Wildman–Crippen MR) is 134 cm³/mol. The van der Waals surface area contributed by atoms with Gasteiger partial charge in [-0.3, -0.25) is 19.5 Å². The number of pyridine rings is 1. The van der Waals surface area contributed by atoms with E-state index in [0.717, 1.165) is 12.0 Å². The van der Waals surface area contributed by atoms with E-state index in [2.05, 4.69) is 4.98 Å². The molecule has 1 fully saturated rings. The van der Waals surface area contributed by atoms with Gasteiger partial charge >= 0.3 is 0 Å². The minimum absolute atomic E-state index is 0.0182. The summed E-state index contributed by atoms with van der Waals surface area (Å²) >= 11 is 0. The van der Waals surface area contributed by atoms with Gasteiger partial charge in [0.2, 0.25) is 0 Å². The number of hydrogen-bond acceptors (Lipinski definition) is 6. The molecule has 1 amide bonds. The maximum atomic E-state index is 13.3. The van der Waals surface area contributed by atoms with Crippen molar-refractivity contribution >= 4 is 23.1 Å². The Morgan fingerprint density at radius 3 is 2.49 bits per heavy atom. The molecule has 180 valence electrons. The maximum absolute atomic E-state index is 13.3. The maximum Gasteiger partial charge on any atom is 0.300 e. The van der Waals surface area contributed by atoms with Crippen molar-refractivity contribution in [3.05, 3.63) is 89.3 Å². The summed E-state index contributed by atoms with van der Waals surface area (Å²) in [5, 5.41) is 11.3. The van der Waals surface area contributed by atoms with Gasteiger partial charge in [0, 0.05) is 29.7 Å². The van der Waals surface area contributed by atoms with E-state index in [1.54, 1.807) is 67.0 Å². The van der Waals surface area contributed by atoms with Gasteiger partial charge in [-0.25, -0.2) is 0 Å². The van der Waals surface area contributed by atoms with Crippen molar-refractivity contribution in [3.63, 3.8) is 0 Å². The lowest BCUT2D eigenvalue weighted by molar-refractivity contribution is -0.132. The Morgan fingerprint density at radius 1 is 1.03 bits per heavy atom. The lowest BCUT2D eigenvalue weighted by Crippen LogP contribution is -2.29. The highest BCUT2D eigenvalue weighted by Crippen LogP contribution is 2.43. The largest absolute Gasteiger partial charge is 0.507 e. The molecule has 2 heterocycles. The van der Waals surface area contributed by atoms with Crippen LogP contribution in [0.2, 0.25) is 0 Å². The second kappa shape index (κ2) is 10.4. The highest BCUT2D eigenvalue weighted by Gasteiger charge is 2.47. The Bertz CT molecular complexity index is 1270. The fourth-order valence-corrected chi connectivity index (χ4v) is 4.18. The Labute approximate surface area is 204 Å². The minimum Gasteiger partial charge on any atom is -0.507 e. The van der Waals surface area contributed by atoms with Crippen molar-refractivity contribution in [2.75, 3.05) is 18.1 Å². The van der Waals surface area contributed by atoms with Crippen molar-refractivity contribution in [2.24, 2.45) is 0 Å². The van der Waals surface area contributed by atoms with E-state index in [0.29, 0.717) is 41.5 Å². The van der Waals surface area contributed by atoms with E-state index in [-0.39, 0.29) is 11.3 Å². The third kappa shape index (κ3) is 4.75. The minimum atomic E-state index is -0.828. The van der Waals surface area contributed by atoms with Crippen LogP contribution in [0.15, 0.2) is 72.6 Å². The summed E-state index contributed by atoms with van der Waals surface area (Å²) in [6, 6.07) is 14.9. The van der Waals surface area contributed by atoms with Crippen LogP contribution in [0, 0.1) is 6.92 Å². The SMILES string of the molecule is CCCOc1ccc(/C(O)=C2\C(=O)C(=O)N(c3cccc(OCC)c3)C2c2ccncc2)cc1C. The normalized spacial score (nSPS) is 17.0. The number of amides is 1. The molecule has 1 saturated heterocycles. The summed E-state index contributed by atoms with van der Waals surface area (Å²) in [7, 11) is 0. The quantitative estimate of drug-likeness (QED) is 0.275. The molecule has 4 rings (SSSR count). The lowest BCUT2D eigenvalue weighted by atomic mass is 9.95. The number of hydrogen-bond donors (Lipinski definition) is 1. The molecule has 7 nitrogen and oxygen atoms in total. The molecule has 3 aromatic rings. The van der Waals surface area contributed by atoms with Crippen LogP contribution in [0.3, 0.4) is 0 Å². The second-order valence-corrected chi connectivity index (χ2v) is 8.21. The van der Waals surface area contributed by atoms with Crippen LogP contribution >= 0.6 is 0 Å². The summed E-state index contributed by atoms with van der Waals surface area (Å²) in [5.74, 6) is -0.420. The van der Waals surface area contributed by atoms with E-state index >= 15 is 0 Å². The number of aryl methyl sites for hydroxylation is 1. The van der Waals surface area contributed by atoms with Gasteiger partial charge in [-0.05, 0) is 73.9 Å². The van der Waals surface area contributed by atoms with Gasteiger partial charge in [0.25, 0.3) is 11.7 Å². The Balaban J connectivity index is 1.85. The molecule has 1 aliphatic rings. The van der Waals surface area contributed by atoms with Crippen LogP contribution < -0.4 is 14.4 Å².